The largest absolute Gasteiger partial charge is 0.394 e. The Morgan fingerprint density at radius 2 is 1.88 bits per heavy atom. The van der Waals surface area contributed by atoms with E-state index in [2.05, 4.69) is 20.2 Å². The minimum Gasteiger partial charge on any atom is -0.394 e. The number of nitrogens with zero attached hydrogens (tertiary/aromatic N) is 5. The van der Waals surface area contributed by atoms with Crippen molar-refractivity contribution in [1.82, 2.24) is 19.9 Å². The third kappa shape index (κ3) is 3.08. The third-order valence-electron chi connectivity index (χ3n) is 8.59. The van der Waals surface area contributed by atoms with Crippen molar-refractivity contribution in [2.45, 2.75) is 60.3 Å². The number of anilines is 2. The summed E-state index contributed by atoms with van der Waals surface area (Å²) in [5.41, 5.74) is 0.611. The Morgan fingerprint density at radius 3 is 2.48 bits per heavy atom. The molecule has 174 valence electrons. The van der Waals surface area contributed by atoms with Crippen LogP contribution < -0.4 is 10.2 Å². The van der Waals surface area contributed by atoms with Crippen LogP contribution in [0.2, 0.25) is 5.02 Å². The van der Waals surface area contributed by atoms with Crippen molar-refractivity contribution in [2.75, 3.05) is 35.7 Å². The topological polar surface area (TPSA) is 104 Å². The van der Waals surface area contributed by atoms with Crippen LogP contribution >= 0.6 is 11.6 Å². The monoisotopic (exact) mass is 486 g/mol. The minimum absolute atomic E-state index is 0.0291. The van der Waals surface area contributed by atoms with Gasteiger partial charge in [0.15, 0.2) is 0 Å². The molecule has 5 fully saturated rings. The van der Waals surface area contributed by atoms with Gasteiger partial charge in [-0.05, 0) is 50.4 Å². The van der Waals surface area contributed by atoms with Crippen molar-refractivity contribution in [1.29, 1.82) is 0 Å². The number of piperidine rings is 2. The summed E-state index contributed by atoms with van der Waals surface area (Å²) in [4.78, 5) is 22.0. The Labute approximate surface area is 200 Å². The van der Waals surface area contributed by atoms with Crippen LogP contribution in [0.1, 0.15) is 56.0 Å². The number of rotatable bonds is 5. The molecule has 3 aliphatic heterocycles. The molecule has 1 spiro atoms. The summed E-state index contributed by atoms with van der Waals surface area (Å²) in [5, 5.41) is 14.1. The van der Waals surface area contributed by atoms with Gasteiger partial charge < -0.3 is 15.3 Å². The van der Waals surface area contributed by atoms with E-state index in [1.54, 1.807) is 12.4 Å². The van der Waals surface area contributed by atoms with E-state index in [0.717, 1.165) is 67.6 Å². The molecule has 10 heteroatoms. The third-order valence-corrected chi connectivity index (χ3v) is 10.4. The van der Waals surface area contributed by atoms with E-state index >= 15 is 0 Å². The zero-order chi connectivity index (χ0) is 22.4. The van der Waals surface area contributed by atoms with Crippen molar-refractivity contribution in [3.63, 3.8) is 0 Å². The number of hydrogen-bond donors (Lipinski definition) is 2. The van der Waals surface area contributed by atoms with Crippen molar-refractivity contribution in [3.05, 3.63) is 28.9 Å². The molecule has 8 rings (SSSR count). The Bertz CT molecular complexity index is 1130. The lowest BCUT2D eigenvalue weighted by molar-refractivity contribution is 0.104. The molecule has 2 unspecified atom stereocenters. The van der Waals surface area contributed by atoms with Gasteiger partial charge in [0.25, 0.3) is 0 Å². The summed E-state index contributed by atoms with van der Waals surface area (Å²) in [5.74, 6) is 4.26. The second-order valence-electron chi connectivity index (χ2n) is 10.7. The van der Waals surface area contributed by atoms with E-state index in [4.69, 9.17) is 21.6 Å². The lowest BCUT2D eigenvalue weighted by atomic mass is 9.61. The molecule has 8 nitrogen and oxygen atoms in total. The summed E-state index contributed by atoms with van der Waals surface area (Å²) in [6, 6.07) is 0. The molecule has 2 saturated heterocycles. The second kappa shape index (κ2) is 7.09. The standard InChI is InChI=1S/C23H27ClN6O2S/c24-15-7-25-19(26-8-15)16-13-6-14(16)10-30(9-13)21-27-18-17(33(32)12-22(18)4-5-22)20(28-21)29-23(11-31)2-1-3-23/h7-8,13-14,16,31H,1-6,9-12H2,(H,27,28,29)/t13?,14?,16?,33-/m1/s1. The first-order chi connectivity index (χ1) is 16.0. The number of aromatic nitrogens is 4. The summed E-state index contributed by atoms with van der Waals surface area (Å²) < 4.78 is 13.1. The predicted octanol–water partition coefficient (Wildman–Crippen LogP) is 2.64. The van der Waals surface area contributed by atoms with Gasteiger partial charge in [0, 0.05) is 42.6 Å². The fourth-order valence-electron chi connectivity index (χ4n) is 6.31. The Morgan fingerprint density at radius 1 is 1.15 bits per heavy atom. The average molecular weight is 487 g/mol. The van der Waals surface area contributed by atoms with Crippen LogP contribution in [0, 0.1) is 11.8 Å². The SMILES string of the molecule is O=[S@@]1CC2(CC2)c2nc(N3CC4CC(C3)C4c3ncc(Cl)cn3)nc(NC3(CO)CCC3)c21. The zero-order valence-corrected chi connectivity index (χ0v) is 19.9. The maximum Gasteiger partial charge on any atom is 0.227 e. The van der Waals surface area contributed by atoms with Gasteiger partial charge in [-0.25, -0.2) is 15.0 Å². The highest BCUT2D eigenvalue weighted by Gasteiger charge is 2.56. The van der Waals surface area contributed by atoms with Gasteiger partial charge in [-0.1, -0.05) is 11.6 Å². The maximum atomic E-state index is 13.1. The summed E-state index contributed by atoms with van der Waals surface area (Å²) >= 11 is 5.98. The van der Waals surface area contributed by atoms with Crippen molar-refractivity contribution < 1.29 is 9.32 Å². The molecule has 2 aromatic heterocycles. The summed E-state index contributed by atoms with van der Waals surface area (Å²) in [7, 11) is -1.09. The van der Waals surface area contributed by atoms with Crippen molar-refractivity contribution in [3.8, 4) is 0 Å². The number of aliphatic hydroxyl groups excluding tert-OH is 1. The van der Waals surface area contributed by atoms with E-state index in [9.17, 15) is 9.32 Å². The summed E-state index contributed by atoms with van der Waals surface area (Å²) in [6.07, 6.45) is 9.54. The molecule has 33 heavy (non-hydrogen) atoms. The van der Waals surface area contributed by atoms with Crippen LogP contribution in [0.25, 0.3) is 0 Å². The van der Waals surface area contributed by atoms with E-state index in [-0.39, 0.29) is 17.6 Å². The molecular formula is C23H27ClN6O2S. The van der Waals surface area contributed by atoms with Crippen LogP contribution in [0.4, 0.5) is 11.8 Å². The molecule has 3 aliphatic carbocycles. The van der Waals surface area contributed by atoms with Gasteiger partial charge in [-0.2, -0.15) is 4.98 Å². The van der Waals surface area contributed by atoms with Crippen LogP contribution in [-0.4, -0.2) is 60.2 Å². The Balaban J connectivity index is 1.21. The predicted molar refractivity (Wildman–Crippen MR) is 125 cm³/mol. The molecular weight excluding hydrogens is 460 g/mol. The highest BCUT2D eigenvalue weighted by Crippen LogP contribution is 2.57. The lowest BCUT2D eigenvalue weighted by Gasteiger charge is -2.52. The Hall–Kier alpha value is -1.84. The fraction of sp³-hybridized carbons (Fsp3) is 0.652. The van der Waals surface area contributed by atoms with Crippen molar-refractivity contribution in [2.24, 2.45) is 11.8 Å². The number of fused-ring (bicyclic) bond motifs is 4. The van der Waals surface area contributed by atoms with Crippen molar-refractivity contribution >= 4 is 34.2 Å². The molecule has 3 saturated carbocycles. The van der Waals surface area contributed by atoms with Gasteiger partial charge in [-0.15, -0.1) is 0 Å². The average Bonchev–Trinajstić information content (AvgIpc) is 3.51. The smallest absolute Gasteiger partial charge is 0.227 e. The highest BCUT2D eigenvalue weighted by molar-refractivity contribution is 7.85. The van der Waals surface area contributed by atoms with E-state index in [0.29, 0.717) is 34.3 Å². The molecule has 5 heterocycles. The number of aliphatic hydroxyl groups is 1. The zero-order valence-electron chi connectivity index (χ0n) is 18.3. The van der Waals surface area contributed by atoms with Gasteiger partial charge in [-0.3, -0.25) is 4.21 Å². The number of halogens is 1. The minimum atomic E-state index is -1.09. The number of hydrogen-bond acceptors (Lipinski definition) is 8. The van der Waals surface area contributed by atoms with Gasteiger partial charge in [0.05, 0.1) is 33.7 Å². The van der Waals surface area contributed by atoms with E-state index in [1.165, 1.54) is 6.42 Å². The van der Waals surface area contributed by atoms with E-state index < -0.39 is 10.8 Å². The van der Waals surface area contributed by atoms with Crippen LogP contribution in [0.5, 0.6) is 0 Å². The first kappa shape index (κ1) is 20.5. The molecule has 0 radical (unpaired) electrons. The molecule has 0 amide bonds. The first-order valence-electron chi connectivity index (χ1n) is 11.9. The molecule has 3 atom stereocenters. The lowest BCUT2D eigenvalue weighted by Crippen LogP contribution is -2.55. The molecule has 6 aliphatic rings. The number of nitrogens with one attached hydrogen (secondary N) is 1. The molecule has 0 aromatic carbocycles. The van der Waals surface area contributed by atoms with E-state index in [1.807, 2.05) is 0 Å². The van der Waals surface area contributed by atoms with Crippen LogP contribution in [-0.2, 0) is 16.2 Å². The fourth-order valence-corrected chi connectivity index (χ4v) is 8.27. The maximum absolute atomic E-state index is 13.1. The quantitative estimate of drug-likeness (QED) is 0.664. The Kier molecular flexibility index (Phi) is 4.41. The molecule has 2 aromatic rings. The van der Waals surface area contributed by atoms with Crippen LogP contribution in [0.15, 0.2) is 17.3 Å². The van der Waals surface area contributed by atoms with Crippen LogP contribution in [0.3, 0.4) is 0 Å². The highest BCUT2D eigenvalue weighted by atomic mass is 35.5. The summed E-state index contributed by atoms with van der Waals surface area (Å²) in [6.45, 7) is 1.80. The van der Waals surface area contributed by atoms with Gasteiger partial charge in [0.1, 0.15) is 16.5 Å². The normalized spacial score (nSPS) is 32.1. The molecule has 2 bridgehead atoms. The van der Waals surface area contributed by atoms with Gasteiger partial charge >= 0.3 is 0 Å². The molecule has 2 N–H and O–H groups in total. The second-order valence-corrected chi connectivity index (χ2v) is 12.5. The van der Waals surface area contributed by atoms with Gasteiger partial charge in [0.2, 0.25) is 5.95 Å². The first-order valence-corrected chi connectivity index (χ1v) is 13.6.